The normalized spacial score (nSPS) is 17.0. The van der Waals surface area contributed by atoms with E-state index in [9.17, 15) is 14.4 Å². The number of hydrogen-bond acceptors (Lipinski definition) is 5. The minimum absolute atomic E-state index is 0.320. The van der Waals surface area contributed by atoms with Gasteiger partial charge in [-0.2, -0.15) is 0 Å². The monoisotopic (exact) mass is 403 g/mol. The molecule has 1 atom stereocenters. The van der Waals surface area contributed by atoms with E-state index in [1.807, 2.05) is 24.3 Å². The molecule has 0 saturated carbocycles. The van der Waals surface area contributed by atoms with Crippen LogP contribution in [0.5, 0.6) is 5.75 Å². The lowest BCUT2D eigenvalue weighted by atomic mass is 9.89. The number of aryl methyl sites for hydroxylation is 1. The van der Waals surface area contributed by atoms with Crippen LogP contribution in [-0.4, -0.2) is 48.9 Å². The summed E-state index contributed by atoms with van der Waals surface area (Å²) in [6.45, 7) is 5.90. The highest BCUT2D eigenvalue weighted by Gasteiger charge is 2.39. The summed E-state index contributed by atoms with van der Waals surface area (Å²) in [6, 6.07) is 7.28. The summed E-state index contributed by atoms with van der Waals surface area (Å²) in [6.07, 6.45) is 4.75. The van der Waals surface area contributed by atoms with Crippen molar-refractivity contribution < 1.29 is 23.9 Å². The summed E-state index contributed by atoms with van der Waals surface area (Å²) in [5, 5.41) is 0. The number of amides is 1. The molecule has 6 nitrogen and oxygen atoms in total. The molecular formula is C23H33NO5. The largest absolute Gasteiger partial charge is 0.497 e. The number of Topliss-reactive ketones (excluding diaryl/α,β-unsaturated/α-hetero) is 1. The number of carbonyl (C=O) groups is 3. The van der Waals surface area contributed by atoms with Crippen LogP contribution in [0.3, 0.4) is 0 Å². The summed E-state index contributed by atoms with van der Waals surface area (Å²) in [4.78, 5) is 38.9. The van der Waals surface area contributed by atoms with Crippen molar-refractivity contribution in [3.63, 3.8) is 0 Å². The van der Waals surface area contributed by atoms with Crippen LogP contribution in [0.2, 0.25) is 0 Å². The van der Waals surface area contributed by atoms with E-state index in [0.29, 0.717) is 19.6 Å². The average molecular weight is 404 g/mol. The molecule has 160 valence electrons. The van der Waals surface area contributed by atoms with Crippen LogP contribution in [0.25, 0.3) is 0 Å². The van der Waals surface area contributed by atoms with E-state index >= 15 is 0 Å². The van der Waals surface area contributed by atoms with Crippen molar-refractivity contribution in [2.75, 3.05) is 20.3 Å². The Morgan fingerprint density at radius 1 is 1.07 bits per heavy atom. The van der Waals surface area contributed by atoms with Gasteiger partial charge in [0.1, 0.15) is 11.8 Å². The highest BCUT2D eigenvalue weighted by Crippen LogP contribution is 2.23. The SMILES string of the molecule is COc1ccc(CCCCOC(=O)[C@@H]2CCCCN2C(=O)C(=O)C(C)(C)C)cc1. The van der Waals surface area contributed by atoms with Gasteiger partial charge in [0, 0.05) is 12.0 Å². The molecule has 1 aromatic carbocycles. The molecule has 0 aromatic heterocycles. The van der Waals surface area contributed by atoms with E-state index in [0.717, 1.165) is 37.9 Å². The zero-order valence-electron chi connectivity index (χ0n) is 18.0. The molecule has 1 aromatic rings. The second kappa shape index (κ2) is 10.4. The van der Waals surface area contributed by atoms with Gasteiger partial charge >= 0.3 is 5.97 Å². The number of piperidine rings is 1. The Morgan fingerprint density at radius 2 is 1.76 bits per heavy atom. The molecule has 0 aliphatic carbocycles. The van der Waals surface area contributed by atoms with Gasteiger partial charge in [-0.25, -0.2) is 4.79 Å². The first-order chi connectivity index (χ1) is 13.7. The fourth-order valence-electron chi connectivity index (χ4n) is 3.36. The van der Waals surface area contributed by atoms with Crippen molar-refractivity contribution in [3.8, 4) is 5.75 Å². The number of unbranched alkanes of at least 4 members (excludes halogenated alkanes) is 1. The van der Waals surface area contributed by atoms with Gasteiger partial charge in [-0.15, -0.1) is 0 Å². The molecule has 0 N–H and O–H groups in total. The zero-order valence-corrected chi connectivity index (χ0v) is 18.0. The van der Waals surface area contributed by atoms with Crippen molar-refractivity contribution in [1.82, 2.24) is 4.90 Å². The molecule has 1 aliphatic heterocycles. The lowest BCUT2D eigenvalue weighted by Gasteiger charge is -2.34. The van der Waals surface area contributed by atoms with Crippen LogP contribution in [0.4, 0.5) is 0 Å². The summed E-state index contributed by atoms with van der Waals surface area (Å²) in [5.74, 6) is -0.598. The van der Waals surface area contributed by atoms with Gasteiger partial charge in [-0.05, 0) is 56.2 Å². The van der Waals surface area contributed by atoms with Crippen molar-refractivity contribution in [3.05, 3.63) is 29.8 Å². The Balaban J connectivity index is 1.80. The molecule has 0 spiro atoms. The smallest absolute Gasteiger partial charge is 0.328 e. The highest BCUT2D eigenvalue weighted by molar-refractivity contribution is 6.38. The van der Waals surface area contributed by atoms with Gasteiger partial charge in [-0.1, -0.05) is 32.9 Å². The number of rotatable bonds is 8. The lowest BCUT2D eigenvalue weighted by Crippen LogP contribution is -2.52. The maximum atomic E-state index is 12.6. The fraction of sp³-hybridized carbons (Fsp3) is 0.609. The van der Waals surface area contributed by atoms with E-state index in [1.54, 1.807) is 27.9 Å². The van der Waals surface area contributed by atoms with E-state index < -0.39 is 29.1 Å². The van der Waals surface area contributed by atoms with Gasteiger partial charge in [0.15, 0.2) is 0 Å². The first-order valence-corrected chi connectivity index (χ1v) is 10.4. The predicted molar refractivity (Wildman–Crippen MR) is 111 cm³/mol. The molecule has 29 heavy (non-hydrogen) atoms. The Kier molecular flexibility index (Phi) is 8.23. The Hall–Kier alpha value is -2.37. The molecule has 0 unspecified atom stereocenters. The van der Waals surface area contributed by atoms with Crippen LogP contribution in [0.1, 0.15) is 58.4 Å². The molecule has 2 rings (SSSR count). The average Bonchev–Trinajstić information content (AvgIpc) is 2.72. The van der Waals surface area contributed by atoms with Gasteiger partial charge in [0.05, 0.1) is 13.7 Å². The molecule has 1 amide bonds. The Labute approximate surface area is 173 Å². The van der Waals surface area contributed by atoms with E-state index in [-0.39, 0.29) is 0 Å². The molecule has 0 bridgehead atoms. The molecule has 0 radical (unpaired) electrons. The second-order valence-corrected chi connectivity index (χ2v) is 8.56. The van der Waals surface area contributed by atoms with Crippen LogP contribution >= 0.6 is 0 Å². The molecule has 1 heterocycles. The third-order valence-electron chi connectivity index (χ3n) is 5.17. The third kappa shape index (κ3) is 6.58. The standard InChI is InChI=1S/C23H33NO5/c1-23(2,3)20(25)21(26)24-15-7-5-10-19(24)22(27)29-16-8-6-9-17-11-13-18(28-4)14-12-17/h11-14,19H,5-10,15-16H2,1-4H3/t19-/m0/s1. The van der Waals surface area contributed by atoms with Crippen LogP contribution in [0.15, 0.2) is 24.3 Å². The molecule has 1 aliphatic rings. The van der Waals surface area contributed by atoms with Gasteiger partial charge in [0.25, 0.3) is 5.91 Å². The van der Waals surface area contributed by atoms with Crippen molar-refractivity contribution >= 4 is 17.7 Å². The number of ether oxygens (including phenoxy) is 2. The Morgan fingerprint density at radius 3 is 2.38 bits per heavy atom. The molecule has 6 heteroatoms. The number of likely N-dealkylation sites (tertiary alicyclic amines) is 1. The number of ketones is 1. The van der Waals surface area contributed by atoms with Crippen LogP contribution < -0.4 is 4.74 Å². The van der Waals surface area contributed by atoms with Crippen LogP contribution in [-0.2, 0) is 25.5 Å². The third-order valence-corrected chi connectivity index (χ3v) is 5.17. The maximum Gasteiger partial charge on any atom is 0.328 e. The van der Waals surface area contributed by atoms with Crippen LogP contribution in [0, 0.1) is 5.41 Å². The van der Waals surface area contributed by atoms with E-state index in [2.05, 4.69) is 0 Å². The lowest BCUT2D eigenvalue weighted by molar-refractivity contribution is -0.160. The van der Waals surface area contributed by atoms with Crippen molar-refractivity contribution in [1.29, 1.82) is 0 Å². The maximum absolute atomic E-state index is 12.6. The number of benzene rings is 1. The first-order valence-electron chi connectivity index (χ1n) is 10.4. The topological polar surface area (TPSA) is 72.9 Å². The van der Waals surface area contributed by atoms with Gasteiger partial charge in [-0.3, -0.25) is 9.59 Å². The summed E-state index contributed by atoms with van der Waals surface area (Å²) in [7, 11) is 1.64. The second-order valence-electron chi connectivity index (χ2n) is 8.56. The Bertz CT molecular complexity index is 705. The van der Waals surface area contributed by atoms with E-state index in [1.165, 1.54) is 10.5 Å². The van der Waals surface area contributed by atoms with E-state index in [4.69, 9.17) is 9.47 Å². The summed E-state index contributed by atoms with van der Waals surface area (Å²) >= 11 is 0. The molecule has 1 saturated heterocycles. The minimum Gasteiger partial charge on any atom is -0.497 e. The molecule has 1 fully saturated rings. The zero-order chi connectivity index (χ0) is 21.4. The number of esters is 1. The first kappa shape index (κ1) is 22.9. The predicted octanol–water partition coefficient (Wildman–Crippen LogP) is 3.56. The van der Waals surface area contributed by atoms with Gasteiger partial charge < -0.3 is 14.4 Å². The van der Waals surface area contributed by atoms with Crippen molar-refractivity contribution in [2.45, 2.75) is 65.3 Å². The quantitative estimate of drug-likeness (QED) is 0.377. The summed E-state index contributed by atoms with van der Waals surface area (Å²) in [5.41, 5.74) is 0.451. The number of hydrogen-bond donors (Lipinski definition) is 0. The van der Waals surface area contributed by atoms with Gasteiger partial charge in [0.2, 0.25) is 5.78 Å². The number of carbonyl (C=O) groups excluding carboxylic acids is 3. The molecular weight excluding hydrogens is 370 g/mol. The minimum atomic E-state index is -0.759. The number of methoxy groups -OCH3 is 1. The number of nitrogens with zero attached hydrogens (tertiary/aromatic N) is 1. The summed E-state index contributed by atoms with van der Waals surface area (Å²) < 4.78 is 10.6. The van der Waals surface area contributed by atoms with Crippen molar-refractivity contribution in [2.24, 2.45) is 5.41 Å². The highest BCUT2D eigenvalue weighted by atomic mass is 16.5. The fourth-order valence-corrected chi connectivity index (χ4v) is 3.36.